The molecule has 2 rings (SSSR count). The third-order valence-corrected chi connectivity index (χ3v) is 3.86. The van der Waals surface area contributed by atoms with Crippen LogP contribution in [0.4, 0.5) is 0 Å². The van der Waals surface area contributed by atoms with Crippen molar-refractivity contribution in [3.63, 3.8) is 0 Å². The first-order valence-corrected chi connectivity index (χ1v) is 8.45. The number of aliphatic hydroxyl groups is 1. The van der Waals surface area contributed by atoms with Crippen LogP contribution in [-0.2, 0) is 11.3 Å². The van der Waals surface area contributed by atoms with Crippen molar-refractivity contribution in [2.75, 3.05) is 19.7 Å². The fraction of sp³-hybridized carbons (Fsp3) is 0.350. The van der Waals surface area contributed by atoms with Gasteiger partial charge in [0.25, 0.3) is 0 Å². The normalized spacial score (nSPS) is 12.1. The molecule has 0 aliphatic carbocycles. The summed E-state index contributed by atoms with van der Waals surface area (Å²) in [7, 11) is 0. The predicted molar refractivity (Wildman–Crippen MR) is 98.2 cm³/mol. The summed E-state index contributed by atoms with van der Waals surface area (Å²) in [5.41, 5.74) is 7.54. The van der Waals surface area contributed by atoms with Crippen LogP contribution < -0.4 is 10.5 Å². The number of ether oxygens (including phenoxy) is 1. The van der Waals surface area contributed by atoms with Gasteiger partial charge in [0.15, 0.2) is 0 Å². The Kier molecular flexibility index (Phi) is 7.44. The number of carbonyl (C=O) groups excluding carboxylic acids is 1. The van der Waals surface area contributed by atoms with Gasteiger partial charge in [0.1, 0.15) is 18.5 Å². The Labute approximate surface area is 149 Å². The molecule has 5 heteroatoms. The second kappa shape index (κ2) is 9.81. The standard InChI is InChI=1S/C20H26N2O3/c1-16-7-9-19(10-8-16)25-15-18(23)14-22(12-11-20(21)24)13-17-5-3-2-4-6-17/h2-10,18,23H,11-15H2,1H3,(H2,21,24)/t18-/m0/s1. The van der Waals surface area contributed by atoms with Gasteiger partial charge < -0.3 is 15.6 Å². The van der Waals surface area contributed by atoms with Gasteiger partial charge >= 0.3 is 0 Å². The summed E-state index contributed by atoms with van der Waals surface area (Å²) in [5, 5.41) is 10.3. The van der Waals surface area contributed by atoms with Gasteiger partial charge in [-0.3, -0.25) is 9.69 Å². The highest BCUT2D eigenvalue weighted by molar-refractivity contribution is 5.73. The van der Waals surface area contributed by atoms with Crippen LogP contribution in [0.15, 0.2) is 54.6 Å². The van der Waals surface area contributed by atoms with Crippen molar-refractivity contribution in [3.05, 3.63) is 65.7 Å². The minimum absolute atomic E-state index is 0.199. The molecular formula is C20H26N2O3. The fourth-order valence-corrected chi connectivity index (χ4v) is 2.52. The smallest absolute Gasteiger partial charge is 0.218 e. The summed E-state index contributed by atoms with van der Waals surface area (Å²) >= 11 is 0. The molecule has 0 heterocycles. The van der Waals surface area contributed by atoms with E-state index in [-0.39, 0.29) is 18.9 Å². The second-order valence-electron chi connectivity index (χ2n) is 6.21. The lowest BCUT2D eigenvalue weighted by Gasteiger charge is -2.25. The number of carbonyl (C=O) groups is 1. The molecule has 0 saturated heterocycles. The molecule has 134 valence electrons. The Morgan fingerprint density at radius 2 is 1.84 bits per heavy atom. The van der Waals surface area contributed by atoms with E-state index < -0.39 is 6.10 Å². The largest absolute Gasteiger partial charge is 0.491 e. The number of benzene rings is 2. The maximum Gasteiger partial charge on any atom is 0.218 e. The van der Waals surface area contributed by atoms with Crippen molar-refractivity contribution >= 4 is 5.91 Å². The lowest BCUT2D eigenvalue weighted by Crippen LogP contribution is -2.37. The molecule has 0 unspecified atom stereocenters. The molecule has 0 spiro atoms. The molecule has 2 aromatic rings. The first-order chi connectivity index (χ1) is 12.0. The number of nitrogens with two attached hydrogens (primary N) is 1. The number of nitrogens with zero attached hydrogens (tertiary/aromatic N) is 1. The summed E-state index contributed by atoms with van der Waals surface area (Å²) in [6.45, 7) is 3.78. The molecule has 2 aromatic carbocycles. The molecule has 0 radical (unpaired) electrons. The molecule has 25 heavy (non-hydrogen) atoms. The maximum atomic E-state index is 11.1. The molecule has 0 saturated carbocycles. The molecule has 0 bridgehead atoms. The van der Waals surface area contributed by atoms with Gasteiger partial charge in [-0.15, -0.1) is 0 Å². The van der Waals surface area contributed by atoms with Gasteiger partial charge in [-0.1, -0.05) is 48.0 Å². The number of rotatable bonds is 10. The summed E-state index contributed by atoms with van der Waals surface area (Å²) in [5.74, 6) is 0.389. The van der Waals surface area contributed by atoms with E-state index in [0.29, 0.717) is 19.6 Å². The van der Waals surface area contributed by atoms with E-state index in [2.05, 4.69) is 0 Å². The first-order valence-electron chi connectivity index (χ1n) is 8.45. The van der Waals surface area contributed by atoms with Crippen LogP contribution in [0.5, 0.6) is 5.75 Å². The van der Waals surface area contributed by atoms with Gasteiger partial charge in [-0.05, 0) is 24.6 Å². The number of aryl methyl sites for hydroxylation is 1. The summed E-state index contributed by atoms with van der Waals surface area (Å²) in [6, 6.07) is 17.7. The molecule has 0 aliphatic heterocycles. The Hall–Kier alpha value is -2.37. The molecular weight excluding hydrogens is 316 g/mol. The topological polar surface area (TPSA) is 75.8 Å². The Balaban J connectivity index is 1.87. The van der Waals surface area contributed by atoms with E-state index in [0.717, 1.165) is 16.9 Å². The van der Waals surface area contributed by atoms with Crippen molar-refractivity contribution < 1.29 is 14.6 Å². The number of amides is 1. The van der Waals surface area contributed by atoms with Crippen molar-refractivity contribution in [1.29, 1.82) is 0 Å². The third kappa shape index (κ3) is 7.37. The van der Waals surface area contributed by atoms with Gasteiger partial charge in [0.2, 0.25) is 5.91 Å². The minimum Gasteiger partial charge on any atom is -0.491 e. The lowest BCUT2D eigenvalue weighted by atomic mass is 10.2. The van der Waals surface area contributed by atoms with Gasteiger partial charge in [-0.25, -0.2) is 0 Å². The van der Waals surface area contributed by atoms with Crippen LogP contribution in [0.3, 0.4) is 0 Å². The number of primary amides is 1. The van der Waals surface area contributed by atoms with E-state index in [1.807, 2.05) is 66.4 Å². The number of hydrogen-bond donors (Lipinski definition) is 2. The van der Waals surface area contributed by atoms with E-state index in [1.54, 1.807) is 0 Å². The van der Waals surface area contributed by atoms with Crippen LogP contribution >= 0.6 is 0 Å². The van der Waals surface area contributed by atoms with Gasteiger partial charge in [-0.2, -0.15) is 0 Å². The van der Waals surface area contributed by atoms with Gasteiger partial charge in [0.05, 0.1) is 0 Å². The lowest BCUT2D eigenvalue weighted by molar-refractivity contribution is -0.118. The van der Waals surface area contributed by atoms with E-state index >= 15 is 0 Å². The van der Waals surface area contributed by atoms with Crippen molar-refractivity contribution in [3.8, 4) is 5.75 Å². The predicted octanol–water partition coefficient (Wildman–Crippen LogP) is 2.11. The molecule has 0 fully saturated rings. The molecule has 3 N–H and O–H groups in total. The summed E-state index contributed by atoms with van der Waals surface area (Å²) in [6.07, 6.45) is -0.392. The maximum absolute atomic E-state index is 11.1. The van der Waals surface area contributed by atoms with Crippen molar-refractivity contribution in [2.24, 2.45) is 5.73 Å². The number of aliphatic hydroxyl groups excluding tert-OH is 1. The molecule has 5 nitrogen and oxygen atoms in total. The van der Waals surface area contributed by atoms with Crippen LogP contribution in [0.2, 0.25) is 0 Å². The SMILES string of the molecule is Cc1ccc(OC[C@@H](O)CN(CCC(N)=O)Cc2ccccc2)cc1. The van der Waals surface area contributed by atoms with E-state index in [9.17, 15) is 9.90 Å². The van der Waals surface area contributed by atoms with Crippen LogP contribution in [-0.4, -0.2) is 41.7 Å². The van der Waals surface area contributed by atoms with Crippen LogP contribution in [0.25, 0.3) is 0 Å². The monoisotopic (exact) mass is 342 g/mol. The van der Waals surface area contributed by atoms with Crippen LogP contribution in [0.1, 0.15) is 17.5 Å². The Morgan fingerprint density at radius 3 is 2.48 bits per heavy atom. The Bertz CT molecular complexity index is 644. The molecule has 1 atom stereocenters. The quantitative estimate of drug-likeness (QED) is 0.693. The highest BCUT2D eigenvalue weighted by Gasteiger charge is 2.14. The average molecular weight is 342 g/mol. The zero-order chi connectivity index (χ0) is 18.1. The van der Waals surface area contributed by atoms with Gasteiger partial charge in [0, 0.05) is 26.1 Å². The highest BCUT2D eigenvalue weighted by Crippen LogP contribution is 2.12. The number of hydrogen-bond acceptors (Lipinski definition) is 4. The van der Waals surface area contributed by atoms with E-state index in [1.165, 1.54) is 0 Å². The molecule has 0 aliphatic rings. The second-order valence-corrected chi connectivity index (χ2v) is 6.21. The van der Waals surface area contributed by atoms with Crippen molar-refractivity contribution in [1.82, 2.24) is 4.90 Å². The van der Waals surface area contributed by atoms with E-state index in [4.69, 9.17) is 10.5 Å². The Morgan fingerprint density at radius 1 is 1.16 bits per heavy atom. The molecule has 1 amide bonds. The zero-order valence-corrected chi connectivity index (χ0v) is 14.6. The summed E-state index contributed by atoms with van der Waals surface area (Å²) < 4.78 is 5.63. The highest BCUT2D eigenvalue weighted by atomic mass is 16.5. The fourth-order valence-electron chi connectivity index (χ4n) is 2.52. The first kappa shape index (κ1) is 19.0. The van der Waals surface area contributed by atoms with Crippen molar-refractivity contribution in [2.45, 2.75) is 26.0 Å². The summed E-state index contributed by atoms with van der Waals surface area (Å²) in [4.78, 5) is 13.1. The third-order valence-electron chi connectivity index (χ3n) is 3.86. The molecule has 0 aromatic heterocycles. The minimum atomic E-state index is -0.655. The average Bonchev–Trinajstić information content (AvgIpc) is 2.60. The zero-order valence-electron chi connectivity index (χ0n) is 14.6. The van der Waals surface area contributed by atoms with Crippen LogP contribution in [0, 0.1) is 6.92 Å².